The van der Waals surface area contributed by atoms with E-state index in [0.717, 1.165) is 18.4 Å². The fourth-order valence-electron chi connectivity index (χ4n) is 4.47. The molecule has 1 N–H and O–H groups in total. The molecule has 1 amide bonds. The van der Waals surface area contributed by atoms with Crippen molar-refractivity contribution in [3.63, 3.8) is 0 Å². The van der Waals surface area contributed by atoms with Gasteiger partial charge in [-0.2, -0.15) is 0 Å². The van der Waals surface area contributed by atoms with Gasteiger partial charge in [-0.25, -0.2) is 0 Å². The van der Waals surface area contributed by atoms with Gasteiger partial charge in [0.1, 0.15) is 6.10 Å². The van der Waals surface area contributed by atoms with Crippen LogP contribution < -0.4 is 0 Å². The highest BCUT2D eigenvalue weighted by Gasteiger charge is 2.44. The summed E-state index contributed by atoms with van der Waals surface area (Å²) < 4.78 is 6.06. The molecule has 1 aromatic rings. The number of hydrogen-bond acceptors (Lipinski definition) is 3. The molecule has 1 aromatic carbocycles. The van der Waals surface area contributed by atoms with E-state index in [0.29, 0.717) is 25.9 Å². The summed E-state index contributed by atoms with van der Waals surface area (Å²) in [5, 5.41) is 9.89. The van der Waals surface area contributed by atoms with E-state index in [1.54, 1.807) is 4.90 Å². The summed E-state index contributed by atoms with van der Waals surface area (Å²) in [6.07, 6.45) is 7.53. The highest BCUT2D eigenvalue weighted by Crippen LogP contribution is 2.36. The van der Waals surface area contributed by atoms with E-state index in [9.17, 15) is 14.7 Å². The van der Waals surface area contributed by atoms with Gasteiger partial charge in [0.15, 0.2) is 0 Å². The molecule has 27 heavy (non-hydrogen) atoms. The smallest absolute Gasteiger partial charge is 0.314 e. The molecule has 5 nitrogen and oxygen atoms in total. The second-order valence-corrected chi connectivity index (χ2v) is 7.97. The van der Waals surface area contributed by atoms with Gasteiger partial charge in [-0.1, -0.05) is 56.0 Å². The second kappa shape index (κ2) is 8.87. The molecule has 1 unspecified atom stereocenters. The number of piperidine rings is 1. The first-order valence-corrected chi connectivity index (χ1v) is 10.3. The molecule has 1 heterocycles. The molecule has 1 saturated heterocycles. The maximum Gasteiger partial charge on any atom is 0.314 e. The van der Waals surface area contributed by atoms with Crippen LogP contribution >= 0.6 is 0 Å². The third-order valence-electron chi connectivity index (χ3n) is 6.21. The number of hydrogen-bond donors (Lipinski definition) is 1. The monoisotopic (exact) mass is 373 g/mol. The number of rotatable bonds is 5. The number of carboxylic acid groups (broad SMARTS) is 1. The number of ether oxygens (including phenoxy) is 1. The maximum absolute atomic E-state index is 12.8. The lowest BCUT2D eigenvalue weighted by atomic mass is 9.73. The third kappa shape index (κ3) is 4.52. The number of benzene rings is 1. The van der Waals surface area contributed by atoms with Crippen LogP contribution in [0.25, 0.3) is 0 Å². The number of nitrogens with zero attached hydrogens (tertiary/aromatic N) is 1. The minimum Gasteiger partial charge on any atom is -0.481 e. The molecule has 0 radical (unpaired) electrons. The molecule has 1 atom stereocenters. The Morgan fingerprint density at radius 2 is 1.67 bits per heavy atom. The fourth-order valence-corrected chi connectivity index (χ4v) is 4.47. The van der Waals surface area contributed by atoms with Crippen molar-refractivity contribution >= 4 is 11.9 Å². The summed E-state index contributed by atoms with van der Waals surface area (Å²) in [6, 6.07) is 9.40. The van der Waals surface area contributed by atoms with Gasteiger partial charge in [0.2, 0.25) is 0 Å². The van der Waals surface area contributed by atoms with Crippen LogP contribution in [0.1, 0.15) is 63.9 Å². The Morgan fingerprint density at radius 1 is 1.07 bits per heavy atom. The van der Waals surface area contributed by atoms with Crippen LogP contribution in [0.4, 0.5) is 0 Å². The molecule has 1 saturated carbocycles. The van der Waals surface area contributed by atoms with Crippen molar-refractivity contribution in [3.8, 4) is 0 Å². The molecule has 0 aromatic heterocycles. The van der Waals surface area contributed by atoms with E-state index < -0.39 is 17.5 Å². The van der Waals surface area contributed by atoms with Crippen LogP contribution in [0.5, 0.6) is 0 Å². The number of carbonyl (C=O) groups excluding carboxylic acids is 1. The van der Waals surface area contributed by atoms with Crippen LogP contribution in [0, 0.1) is 0 Å². The van der Waals surface area contributed by atoms with Crippen molar-refractivity contribution in [1.29, 1.82) is 0 Å². The van der Waals surface area contributed by atoms with E-state index in [1.165, 1.54) is 25.7 Å². The van der Waals surface area contributed by atoms with Gasteiger partial charge in [-0.05, 0) is 38.2 Å². The topological polar surface area (TPSA) is 66.8 Å². The summed E-state index contributed by atoms with van der Waals surface area (Å²) in [6.45, 7) is 2.75. The summed E-state index contributed by atoms with van der Waals surface area (Å²) in [4.78, 5) is 26.7. The quantitative estimate of drug-likeness (QED) is 0.798. The molecule has 2 aliphatic rings. The first-order valence-electron chi connectivity index (χ1n) is 10.3. The zero-order valence-electron chi connectivity index (χ0n) is 16.2. The minimum atomic E-state index is -0.899. The molecular weight excluding hydrogens is 342 g/mol. The second-order valence-electron chi connectivity index (χ2n) is 7.97. The molecule has 2 fully saturated rings. The predicted molar refractivity (Wildman–Crippen MR) is 104 cm³/mol. The molecule has 0 bridgehead atoms. The van der Waals surface area contributed by atoms with E-state index in [2.05, 4.69) is 0 Å². The zero-order valence-corrected chi connectivity index (χ0v) is 16.2. The lowest BCUT2D eigenvalue weighted by Gasteiger charge is -2.40. The van der Waals surface area contributed by atoms with Crippen molar-refractivity contribution in [2.24, 2.45) is 0 Å². The third-order valence-corrected chi connectivity index (χ3v) is 6.21. The van der Waals surface area contributed by atoms with E-state index in [4.69, 9.17) is 4.74 Å². The molecule has 1 aliphatic carbocycles. The normalized spacial score (nSPS) is 22.0. The average Bonchev–Trinajstić information content (AvgIpc) is 2.96. The van der Waals surface area contributed by atoms with Crippen molar-refractivity contribution in [2.75, 3.05) is 13.1 Å². The molecular formula is C22H31NO4. The van der Waals surface area contributed by atoms with Crippen molar-refractivity contribution in [2.45, 2.75) is 75.9 Å². The van der Waals surface area contributed by atoms with E-state index >= 15 is 0 Å². The number of carbonyl (C=O) groups is 2. The average molecular weight is 373 g/mol. The molecule has 1 aliphatic heterocycles. The largest absolute Gasteiger partial charge is 0.481 e. The maximum atomic E-state index is 12.8. The molecule has 3 rings (SSSR count). The van der Waals surface area contributed by atoms with Crippen LogP contribution in [0.2, 0.25) is 0 Å². The Balaban J connectivity index is 1.60. The lowest BCUT2D eigenvalue weighted by Crippen LogP contribution is -2.51. The van der Waals surface area contributed by atoms with Gasteiger partial charge >= 0.3 is 5.97 Å². The van der Waals surface area contributed by atoms with Gasteiger partial charge in [0.25, 0.3) is 5.91 Å². The Kier molecular flexibility index (Phi) is 6.53. The molecule has 0 spiro atoms. The SMILES string of the molecule is CC(OC1CCCCCC1)C(=O)N1CCC(C(=O)O)(c2ccccc2)CC1. The van der Waals surface area contributed by atoms with Gasteiger partial charge < -0.3 is 14.7 Å². The molecule has 148 valence electrons. The van der Waals surface area contributed by atoms with Gasteiger partial charge in [-0.15, -0.1) is 0 Å². The fraction of sp³-hybridized carbons (Fsp3) is 0.636. The highest BCUT2D eigenvalue weighted by molar-refractivity contribution is 5.84. The number of likely N-dealkylation sites (tertiary alicyclic amines) is 1. The lowest BCUT2D eigenvalue weighted by molar-refractivity contribution is -0.153. The van der Waals surface area contributed by atoms with Crippen LogP contribution in [0.3, 0.4) is 0 Å². The number of amides is 1. The summed E-state index contributed by atoms with van der Waals surface area (Å²) in [7, 11) is 0. The first kappa shape index (κ1) is 19.9. The summed E-state index contributed by atoms with van der Waals surface area (Å²) in [5.74, 6) is -0.810. The van der Waals surface area contributed by atoms with E-state index in [-0.39, 0.29) is 12.0 Å². The Morgan fingerprint density at radius 3 is 2.22 bits per heavy atom. The van der Waals surface area contributed by atoms with E-state index in [1.807, 2.05) is 37.3 Å². The summed E-state index contributed by atoms with van der Waals surface area (Å²) in [5.41, 5.74) is -0.0731. The Bertz CT molecular complexity index is 629. The van der Waals surface area contributed by atoms with Crippen LogP contribution in [-0.2, 0) is 19.7 Å². The number of aliphatic carboxylic acids is 1. The molecule has 5 heteroatoms. The van der Waals surface area contributed by atoms with Gasteiger partial charge in [0, 0.05) is 13.1 Å². The van der Waals surface area contributed by atoms with Crippen molar-refractivity contribution in [1.82, 2.24) is 4.90 Å². The van der Waals surface area contributed by atoms with Crippen molar-refractivity contribution in [3.05, 3.63) is 35.9 Å². The summed E-state index contributed by atoms with van der Waals surface area (Å²) >= 11 is 0. The van der Waals surface area contributed by atoms with Crippen LogP contribution in [-0.4, -0.2) is 47.2 Å². The van der Waals surface area contributed by atoms with Crippen molar-refractivity contribution < 1.29 is 19.4 Å². The Hall–Kier alpha value is -1.88. The standard InChI is InChI=1S/C22H31NO4/c1-17(27-19-11-7-2-3-8-12-19)20(24)23-15-13-22(14-16-23,21(25)26)18-9-5-4-6-10-18/h4-6,9-10,17,19H,2-3,7-8,11-16H2,1H3,(H,25,26). The minimum absolute atomic E-state index is 0.00806. The Labute approximate surface area is 161 Å². The highest BCUT2D eigenvalue weighted by atomic mass is 16.5. The van der Waals surface area contributed by atoms with Gasteiger partial charge in [-0.3, -0.25) is 9.59 Å². The van der Waals surface area contributed by atoms with Gasteiger partial charge in [0.05, 0.1) is 11.5 Å². The number of carboxylic acids is 1. The first-order chi connectivity index (χ1) is 13.0. The van der Waals surface area contributed by atoms with Crippen LogP contribution in [0.15, 0.2) is 30.3 Å². The predicted octanol–water partition coefficient (Wildman–Crippen LogP) is 3.76. The zero-order chi connectivity index (χ0) is 19.3.